The van der Waals surface area contributed by atoms with Crippen LogP contribution in [-0.2, 0) is 22.5 Å². The van der Waals surface area contributed by atoms with Gasteiger partial charge in [0, 0.05) is 22.2 Å². The summed E-state index contributed by atoms with van der Waals surface area (Å²) in [6, 6.07) is 17.9. The second-order valence-electron chi connectivity index (χ2n) is 7.01. The number of aromatic nitrogens is 1. The van der Waals surface area contributed by atoms with Crippen molar-refractivity contribution in [1.82, 2.24) is 4.57 Å². The van der Waals surface area contributed by atoms with E-state index in [9.17, 15) is 10.1 Å². The topological polar surface area (TPSA) is 64.2 Å². The Morgan fingerprint density at radius 2 is 1.94 bits per heavy atom. The van der Waals surface area contributed by atoms with Crippen molar-refractivity contribution in [3.05, 3.63) is 83.6 Å². The quantitative estimate of drug-likeness (QED) is 0.208. The summed E-state index contributed by atoms with van der Waals surface area (Å²) >= 11 is 0. The number of allylic oxidation sites excluding steroid dienone is 1. The number of esters is 1. The van der Waals surface area contributed by atoms with E-state index < -0.39 is 5.97 Å². The molecule has 0 saturated carbocycles. The van der Waals surface area contributed by atoms with Crippen molar-refractivity contribution in [3.63, 3.8) is 0 Å². The van der Waals surface area contributed by atoms with Crippen LogP contribution in [-0.4, -0.2) is 23.8 Å². The fourth-order valence-electron chi connectivity index (χ4n) is 3.63. The molecule has 3 rings (SSSR count). The molecule has 0 spiro atoms. The molecule has 1 heterocycles. The minimum Gasteiger partial charge on any atom is -0.491 e. The van der Waals surface area contributed by atoms with E-state index in [4.69, 9.17) is 9.47 Å². The second-order valence-corrected chi connectivity index (χ2v) is 7.01. The molecule has 0 bridgehead atoms. The molecule has 0 N–H and O–H groups in total. The second kappa shape index (κ2) is 10.3. The Balaban J connectivity index is 1.91. The Morgan fingerprint density at radius 1 is 1.19 bits per heavy atom. The zero-order valence-corrected chi connectivity index (χ0v) is 17.9. The summed E-state index contributed by atoms with van der Waals surface area (Å²) in [5.41, 5.74) is 3.91. The van der Waals surface area contributed by atoms with E-state index in [1.54, 1.807) is 13.0 Å². The number of carbonyl (C=O) groups excluding carboxylic acids is 1. The van der Waals surface area contributed by atoms with Crippen molar-refractivity contribution in [2.75, 3.05) is 13.2 Å². The summed E-state index contributed by atoms with van der Waals surface area (Å²) in [5.74, 6) is 0.245. The molecule has 0 aliphatic heterocycles. The molecule has 0 aliphatic carbocycles. The molecule has 3 aromatic rings. The third-order valence-electron chi connectivity index (χ3n) is 5.09. The summed E-state index contributed by atoms with van der Waals surface area (Å²) in [4.78, 5) is 12.1. The number of ether oxygens (including phenoxy) is 2. The van der Waals surface area contributed by atoms with Crippen molar-refractivity contribution >= 4 is 22.9 Å². The molecule has 5 nitrogen and oxygen atoms in total. The van der Waals surface area contributed by atoms with E-state index in [2.05, 4.69) is 11.1 Å². The van der Waals surface area contributed by atoms with E-state index in [-0.39, 0.29) is 12.2 Å². The third kappa shape index (κ3) is 4.87. The molecule has 0 radical (unpaired) electrons. The Bertz CT molecular complexity index is 1170. The van der Waals surface area contributed by atoms with Crippen molar-refractivity contribution in [3.8, 4) is 11.8 Å². The smallest absolute Gasteiger partial charge is 0.348 e. The molecule has 0 saturated heterocycles. The van der Waals surface area contributed by atoms with Gasteiger partial charge in [0.25, 0.3) is 0 Å². The Labute approximate surface area is 182 Å². The first-order valence-electron chi connectivity index (χ1n) is 10.3. The highest BCUT2D eigenvalue weighted by atomic mass is 16.5. The highest BCUT2D eigenvalue weighted by molar-refractivity contribution is 6.01. The molecule has 0 fully saturated rings. The first-order valence-corrected chi connectivity index (χ1v) is 10.3. The van der Waals surface area contributed by atoms with Crippen LogP contribution in [0.1, 0.15) is 23.7 Å². The van der Waals surface area contributed by atoms with E-state index >= 15 is 0 Å². The predicted octanol–water partition coefficient (Wildman–Crippen LogP) is 5.23. The van der Waals surface area contributed by atoms with Crippen LogP contribution in [0, 0.1) is 18.3 Å². The van der Waals surface area contributed by atoms with E-state index in [1.807, 2.05) is 67.6 Å². The minimum atomic E-state index is -0.608. The minimum absolute atomic E-state index is 0.0116. The van der Waals surface area contributed by atoms with Crippen LogP contribution < -0.4 is 4.74 Å². The molecule has 0 unspecified atom stereocenters. The van der Waals surface area contributed by atoms with Gasteiger partial charge in [-0.3, -0.25) is 0 Å². The summed E-state index contributed by atoms with van der Waals surface area (Å²) in [6.07, 6.45) is 4.23. The Hall–Kier alpha value is -3.78. The average molecular weight is 415 g/mol. The van der Waals surface area contributed by atoms with Gasteiger partial charge in [-0.25, -0.2) is 4.79 Å². The lowest BCUT2D eigenvalue weighted by Gasteiger charge is -2.13. The SMILES string of the molecule is C=CCc1ccccc1OCCn1c(C)c(/C=C(\C#N)C(=O)OCC)c2ccccc21. The van der Waals surface area contributed by atoms with Gasteiger partial charge >= 0.3 is 5.97 Å². The number of benzene rings is 2. The van der Waals surface area contributed by atoms with Gasteiger partial charge in [-0.05, 0) is 44.0 Å². The number of rotatable bonds is 9. The standard InChI is InChI=1S/C26H26N2O3/c1-4-10-20-11-6-9-14-25(20)31-16-15-28-19(3)23(22-12-7-8-13-24(22)28)17-21(18-27)26(29)30-5-2/h4,6-9,11-14,17H,1,5,10,15-16H2,2-3H3/b21-17+. The molecule has 158 valence electrons. The number of para-hydroxylation sites is 2. The van der Waals surface area contributed by atoms with Crippen LogP contribution in [0.25, 0.3) is 17.0 Å². The highest BCUT2D eigenvalue weighted by Gasteiger charge is 2.16. The van der Waals surface area contributed by atoms with Crippen molar-refractivity contribution in [2.45, 2.75) is 26.8 Å². The molecule has 1 aromatic heterocycles. The van der Waals surface area contributed by atoms with E-state index in [1.165, 1.54) is 0 Å². The van der Waals surface area contributed by atoms with Gasteiger partial charge in [-0.2, -0.15) is 5.26 Å². The molecular formula is C26H26N2O3. The lowest BCUT2D eigenvalue weighted by atomic mass is 10.1. The molecule has 0 atom stereocenters. The molecule has 2 aromatic carbocycles. The Kier molecular flexibility index (Phi) is 7.29. The first-order chi connectivity index (χ1) is 15.1. The molecule has 0 aliphatic rings. The number of fused-ring (bicyclic) bond motifs is 1. The molecule has 0 amide bonds. The average Bonchev–Trinajstić information content (AvgIpc) is 3.04. The number of nitriles is 1. The van der Waals surface area contributed by atoms with Gasteiger partial charge in [-0.15, -0.1) is 6.58 Å². The van der Waals surface area contributed by atoms with Gasteiger partial charge in [0.15, 0.2) is 0 Å². The number of hydrogen-bond acceptors (Lipinski definition) is 4. The van der Waals surface area contributed by atoms with Gasteiger partial charge in [0.2, 0.25) is 0 Å². The van der Waals surface area contributed by atoms with Crippen molar-refractivity contribution < 1.29 is 14.3 Å². The lowest BCUT2D eigenvalue weighted by molar-refractivity contribution is -0.137. The molecular weight excluding hydrogens is 388 g/mol. The van der Waals surface area contributed by atoms with Gasteiger partial charge in [0.05, 0.1) is 13.2 Å². The third-order valence-corrected chi connectivity index (χ3v) is 5.09. The van der Waals surface area contributed by atoms with Crippen LogP contribution in [0.2, 0.25) is 0 Å². The largest absolute Gasteiger partial charge is 0.491 e. The van der Waals surface area contributed by atoms with Gasteiger partial charge in [-0.1, -0.05) is 42.5 Å². The zero-order valence-electron chi connectivity index (χ0n) is 17.9. The summed E-state index contributed by atoms with van der Waals surface area (Å²) in [6.45, 7) is 8.85. The summed E-state index contributed by atoms with van der Waals surface area (Å²) in [7, 11) is 0. The van der Waals surface area contributed by atoms with Gasteiger partial charge < -0.3 is 14.0 Å². The first kappa shape index (κ1) is 21.9. The van der Waals surface area contributed by atoms with E-state index in [0.717, 1.165) is 39.9 Å². The van der Waals surface area contributed by atoms with Crippen molar-refractivity contribution in [1.29, 1.82) is 5.26 Å². The monoisotopic (exact) mass is 414 g/mol. The van der Waals surface area contributed by atoms with Gasteiger partial charge in [0.1, 0.15) is 24.0 Å². The van der Waals surface area contributed by atoms with Crippen LogP contribution in [0.4, 0.5) is 0 Å². The highest BCUT2D eigenvalue weighted by Crippen LogP contribution is 2.28. The Morgan fingerprint density at radius 3 is 2.68 bits per heavy atom. The molecule has 5 heteroatoms. The predicted molar refractivity (Wildman–Crippen MR) is 123 cm³/mol. The van der Waals surface area contributed by atoms with Crippen molar-refractivity contribution in [2.24, 2.45) is 0 Å². The van der Waals surface area contributed by atoms with Crippen LogP contribution in [0.15, 0.2) is 66.8 Å². The number of hydrogen-bond donors (Lipinski definition) is 0. The zero-order chi connectivity index (χ0) is 22.2. The lowest BCUT2D eigenvalue weighted by Crippen LogP contribution is -2.10. The maximum absolute atomic E-state index is 12.1. The number of carbonyl (C=O) groups is 1. The maximum atomic E-state index is 12.1. The summed E-state index contributed by atoms with van der Waals surface area (Å²) in [5, 5.41) is 10.4. The fourth-order valence-corrected chi connectivity index (χ4v) is 3.63. The fraction of sp³-hybridized carbons (Fsp3) is 0.231. The maximum Gasteiger partial charge on any atom is 0.348 e. The number of nitrogens with zero attached hydrogens (tertiary/aromatic N) is 2. The van der Waals surface area contributed by atoms with Crippen LogP contribution in [0.5, 0.6) is 5.75 Å². The molecule has 31 heavy (non-hydrogen) atoms. The van der Waals surface area contributed by atoms with Crippen LogP contribution in [0.3, 0.4) is 0 Å². The van der Waals surface area contributed by atoms with E-state index in [0.29, 0.717) is 13.2 Å². The summed E-state index contributed by atoms with van der Waals surface area (Å²) < 4.78 is 13.2. The van der Waals surface area contributed by atoms with Crippen LogP contribution >= 0.6 is 0 Å². The normalized spacial score (nSPS) is 11.2.